The maximum absolute atomic E-state index is 4.10. The molecule has 0 radical (unpaired) electrons. The highest BCUT2D eigenvalue weighted by atomic mass is 15.0. The van der Waals surface area contributed by atoms with E-state index in [-0.39, 0.29) is 0 Å². The molecule has 0 aliphatic carbocycles. The number of hydrogen-bond donors (Lipinski definition) is 0. The highest BCUT2D eigenvalue weighted by Crippen LogP contribution is 2.19. The summed E-state index contributed by atoms with van der Waals surface area (Å²) in [6, 6.07) is 14.9. The van der Waals surface area contributed by atoms with Gasteiger partial charge in [0.25, 0.3) is 0 Å². The lowest BCUT2D eigenvalue weighted by molar-refractivity contribution is -0.698. The van der Waals surface area contributed by atoms with Crippen molar-refractivity contribution in [2.75, 3.05) is 0 Å². The molecule has 0 spiro atoms. The molecular weight excluding hydrogens is 278 g/mol. The molecule has 23 heavy (non-hydrogen) atoms. The van der Waals surface area contributed by atoms with E-state index in [1.54, 1.807) is 0 Å². The Morgan fingerprint density at radius 3 is 2.57 bits per heavy atom. The highest BCUT2D eigenvalue weighted by Gasteiger charge is 2.13. The molecule has 0 N–H and O–H groups in total. The van der Waals surface area contributed by atoms with Crippen molar-refractivity contribution in [1.82, 2.24) is 0 Å². The van der Waals surface area contributed by atoms with E-state index < -0.39 is 0 Å². The summed E-state index contributed by atoms with van der Waals surface area (Å²) in [6.45, 7) is 13.2. The average molecular weight is 304 g/mol. The van der Waals surface area contributed by atoms with Crippen LogP contribution in [0.1, 0.15) is 37.1 Å². The van der Waals surface area contributed by atoms with Crippen LogP contribution in [-0.4, -0.2) is 0 Å². The third-order valence-corrected chi connectivity index (χ3v) is 4.23. The van der Waals surface area contributed by atoms with E-state index in [0.29, 0.717) is 0 Å². The van der Waals surface area contributed by atoms with E-state index in [1.165, 1.54) is 22.4 Å². The third-order valence-electron chi connectivity index (χ3n) is 4.23. The van der Waals surface area contributed by atoms with Crippen molar-refractivity contribution in [3.8, 4) is 0 Å². The quantitative estimate of drug-likeness (QED) is 0.487. The van der Waals surface area contributed by atoms with Gasteiger partial charge in [-0.2, -0.15) is 4.57 Å². The monoisotopic (exact) mass is 304 g/mol. The fourth-order valence-electron chi connectivity index (χ4n) is 2.90. The number of aromatic nitrogens is 1. The van der Waals surface area contributed by atoms with Gasteiger partial charge in [0.15, 0.2) is 12.7 Å². The van der Waals surface area contributed by atoms with Gasteiger partial charge in [0.2, 0.25) is 5.69 Å². The molecule has 0 aliphatic heterocycles. The summed E-state index contributed by atoms with van der Waals surface area (Å²) >= 11 is 0. The van der Waals surface area contributed by atoms with E-state index in [1.807, 2.05) is 6.08 Å². The van der Waals surface area contributed by atoms with Crippen LogP contribution >= 0.6 is 0 Å². The molecule has 0 saturated carbocycles. The van der Waals surface area contributed by atoms with E-state index in [0.717, 1.165) is 25.0 Å². The molecule has 2 rings (SSSR count). The Morgan fingerprint density at radius 2 is 1.87 bits per heavy atom. The molecule has 0 amide bonds. The molecule has 1 nitrogen and oxygen atoms in total. The third kappa shape index (κ3) is 4.07. The minimum atomic E-state index is 0.953. The van der Waals surface area contributed by atoms with Gasteiger partial charge in [-0.05, 0) is 36.1 Å². The van der Waals surface area contributed by atoms with Crippen molar-refractivity contribution in [1.29, 1.82) is 0 Å². The van der Waals surface area contributed by atoms with Crippen molar-refractivity contribution in [3.05, 3.63) is 90.8 Å². The van der Waals surface area contributed by atoms with E-state index in [2.05, 4.69) is 86.3 Å². The zero-order valence-corrected chi connectivity index (χ0v) is 14.3. The van der Waals surface area contributed by atoms with Gasteiger partial charge in [0, 0.05) is 24.1 Å². The van der Waals surface area contributed by atoms with Crippen molar-refractivity contribution in [2.45, 2.75) is 33.2 Å². The molecule has 0 bridgehead atoms. The molecule has 1 heteroatoms. The van der Waals surface area contributed by atoms with Gasteiger partial charge < -0.3 is 0 Å². The number of nitrogens with zero attached hydrogens (tertiary/aromatic N) is 1. The zero-order valence-electron chi connectivity index (χ0n) is 14.3. The van der Waals surface area contributed by atoms with Crippen LogP contribution in [0, 0.1) is 0 Å². The van der Waals surface area contributed by atoms with Gasteiger partial charge in [-0.25, -0.2) is 0 Å². The fraction of sp³-hybridized carbons (Fsp3) is 0.227. The standard InChI is InChI=1S/C22H26N/c1-5-18(4)21-13-9-8-12-20(21)15-17-23-16-11-10-14-22(23)19(6-2)7-3/h5-6,8-14,16H,1,4,7,15,17H2,2-3H3/q+1. The summed E-state index contributed by atoms with van der Waals surface area (Å²) in [5, 5.41) is 0. The molecule has 118 valence electrons. The lowest BCUT2D eigenvalue weighted by atomic mass is 9.98. The number of rotatable bonds is 7. The first-order chi connectivity index (χ1) is 11.2. The molecule has 1 heterocycles. The summed E-state index contributed by atoms with van der Waals surface area (Å²) in [5.74, 6) is 0. The first kappa shape index (κ1) is 17.0. The SMILES string of the molecule is C=CC(=C)c1ccccc1CC[n+]1ccccc1C(=CC)CC. The number of pyridine rings is 1. The van der Waals surface area contributed by atoms with E-state index in [4.69, 9.17) is 0 Å². The van der Waals surface area contributed by atoms with Crippen LogP contribution < -0.4 is 4.57 Å². The van der Waals surface area contributed by atoms with Crippen LogP contribution in [0.15, 0.2) is 74.0 Å². The van der Waals surface area contributed by atoms with Gasteiger partial charge in [0.1, 0.15) is 0 Å². The van der Waals surface area contributed by atoms with Gasteiger partial charge in [0.05, 0.1) is 0 Å². The predicted octanol–water partition coefficient (Wildman–Crippen LogP) is 5.23. The summed E-state index contributed by atoms with van der Waals surface area (Å²) in [5.41, 5.74) is 6.19. The summed E-state index contributed by atoms with van der Waals surface area (Å²) in [7, 11) is 0. The minimum absolute atomic E-state index is 0.953. The Morgan fingerprint density at radius 1 is 1.13 bits per heavy atom. The van der Waals surface area contributed by atoms with Crippen molar-refractivity contribution in [2.24, 2.45) is 0 Å². The highest BCUT2D eigenvalue weighted by molar-refractivity contribution is 5.73. The second-order valence-electron chi connectivity index (χ2n) is 5.58. The average Bonchev–Trinajstić information content (AvgIpc) is 2.61. The largest absolute Gasteiger partial charge is 0.208 e. The number of allylic oxidation sites excluding steroid dienone is 4. The topological polar surface area (TPSA) is 3.88 Å². The first-order valence-electron chi connectivity index (χ1n) is 8.24. The molecule has 0 unspecified atom stereocenters. The van der Waals surface area contributed by atoms with Crippen molar-refractivity contribution < 1.29 is 4.57 Å². The van der Waals surface area contributed by atoms with Crippen LogP contribution in [0.25, 0.3) is 11.1 Å². The maximum atomic E-state index is 4.10. The van der Waals surface area contributed by atoms with Gasteiger partial charge >= 0.3 is 0 Å². The molecule has 1 aromatic carbocycles. The Bertz CT molecular complexity index is 722. The predicted molar refractivity (Wildman–Crippen MR) is 100.0 cm³/mol. The number of hydrogen-bond acceptors (Lipinski definition) is 0. The maximum Gasteiger partial charge on any atom is 0.208 e. The molecule has 0 aliphatic rings. The van der Waals surface area contributed by atoms with Crippen LogP contribution in [0.3, 0.4) is 0 Å². The summed E-state index contributed by atoms with van der Waals surface area (Å²) in [4.78, 5) is 0. The number of aryl methyl sites for hydroxylation is 2. The summed E-state index contributed by atoms with van der Waals surface area (Å²) < 4.78 is 2.34. The number of benzene rings is 1. The Balaban J connectivity index is 2.26. The van der Waals surface area contributed by atoms with Gasteiger partial charge in [-0.15, -0.1) is 0 Å². The van der Waals surface area contributed by atoms with Crippen LogP contribution in [0.5, 0.6) is 0 Å². The molecule has 1 aromatic heterocycles. The van der Waals surface area contributed by atoms with Gasteiger partial charge in [-0.3, -0.25) is 0 Å². The van der Waals surface area contributed by atoms with Crippen molar-refractivity contribution >= 4 is 11.1 Å². The van der Waals surface area contributed by atoms with Crippen molar-refractivity contribution in [3.63, 3.8) is 0 Å². The first-order valence-corrected chi connectivity index (χ1v) is 8.24. The summed E-state index contributed by atoms with van der Waals surface area (Å²) in [6.07, 6.45) is 8.23. The second-order valence-corrected chi connectivity index (χ2v) is 5.58. The lowest BCUT2D eigenvalue weighted by Gasteiger charge is -2.10. The molecule has 2 aromatic rings. The molecule has 0 fully saturated rings. The Labute approximate surface area is 140 Å². The van der Waals surface area contributed by atoms with Crippen LogP contribution in [-0.2, 0) is 13.0 Å². The molecule has 0 atom stereocenters. The normalized spacial score (nSPS) is 11.3. The molecule has 0 saturated heterocycles. The van der Waals surface area contributed by atoms with E-state index in [9.17, 15) is 0 Å². The Hall–Kier alpha value is -2.41. The minimum Gasteiger partial charge on any atom is -0.198 e. The van der Waals surface area contributed by atoms with Crippen LogP contribution in [0.2, 0.25) is 0 Å². The second kappa shape index (κ2) is 8.28. The van der Waals surface area contributed by atoms with E-state index >= 15 is 0 Å². The Kier molecular flexibility index (Phi) is 6.10. The molecular formula is C22H26N+. The zero-order chi connectivity index (χ0) is 16.7. The van der Waals surface area contributed by atoms with Gasteiger partial charge in [-0.1, -0.05) is 56.5 Å². The fourth-order valence-corrected chi connectivity index (χ4v) is 2.90. The lowest BCUT2D eigenvalue weighted by Crippen LogP contribution is -2.38. The van der Waals surface area contributed by atoms with Crippen LogP contribution in [0.4, 0.5) is 0 Å². The smallest absolute Gasteiger partial charge is 0.198 e.